The standard InChI is InChI=1S/C23H26N6O2/c1-14(15-6-4-3-5-7-15)24-23(30)21-25-19-12-17-18(13-20(19)26-21)27-28-22(17)29-10-8-16(31-2)9-11-29/h3-7,12-14,16,27-28H,8-11H2,1-2H3,(H,24,30). The number of aromatic amines is 2. The highest BCUT2D eigenvalue weighted by atomic mass is 16.5. The number of nitrogens with one attached hydrogen (secondary N) is 3. The highest BCUT2D eigenvalue weighted by Crippen LogP contribution is 2.30. The quantitative estimate of drug-likeness (QED) is 0.460. The monoisotopic (exact) mass is 418 g/mol. The van der Waals surface area contributed by atoms with Crippen molar-refractivity contribution in [2.24, 2.45) is 0 Å². The molecule has 1 fully saturated rings. The van der Waals surface area contributed by atoms with Gasteiger partial charge < -0.3 is 15.0 Å². The zero-order chi connectivity index (χ0) is 21.4. The molecule has 31 heavy (non-hydrogen) atoms. The van der Waals surface area contributed by atoms with Gasteiger partial charge in [-0.1, -0.05) is 30.3 Å². The number of fused-ring (bicyclic) bond motifs is 2. The van der Waals surface area contributed by atoms with Crippen LogP contribution in [-0.2, 0) is 4.74 Å². The predicted molar refractivity (Wildman–Crippen MR) is 120 cm³/mol. The molecular weight excluding hydrogens is 392 g/mol. The maximum Gasteiger partial charge on any atom is 0.289 e. The predicted octanol–water partition coefficient (Wildman–Crippen LogP) is 3.55. The van der Waals surface area contributed by atoms with Gasteiger partial charge in [0.2, 0.25) is 5.82 Å². The van der Waals surface area contributed by atoms with Crippen LogP contribution in [0.2, 0.25) is 0 Å². The zero-order valence-corrected chi connectivity index (χ0v) is 17.7. The Morgan fingerprint density at radius 2 is 1.84 bits per heavy atom. The Bertz CT molecular complexity index is 1210. The molecule has 2 aromatic carbocycles. The number of hydrogen-bond acceptors (Lipinski definition) is 5. The normalized spacial score (nSPS) is 16.1. The van der Waals surface area contributed by atoms with Crippen LogP contribution >= 0.6 is 0 Å². The fraction of sp³-hybridized carbons (Fsp3) is 0.348. The van der Waals surface area contributed by atoms with Gasteiger partial charge >= 0.3 is 0 Å². The molecule has 2 aromatic heterocycles. The molecular formula is C23H26N6O2. The number of amides is 1. The number of carbonyl (C=O) groups excluding carboxylic acids is 1. The summed E-state index contributed by atoms with van der Waals surface area (Å²) in [5.74, 6) is 0.958. The lowest BCUT2D eigenvalue weighted by atomic mass is 10.1. The van der Waals surface area contributed by atoms with Crippen molar-refractivity contribution in [1.82, 2.24) is 25.5 Å². The van der Waals surface area contributed by atoms with E-state index in [1.54, 1.807) is 7.11 Å². The molecule has 4 aromatic rings. The molecule has 0 spiro atoms. The summed E-state index contributed by atoms with van der Waals surface area (Å²) in [7, 11) is 1.78. The second-order valence-electron chi connectivity index (χ2n) is 8.06. The van der Waals surface area contributed by atoms with Gasteiger partial charge in [0.1, 0.15) is 5.82 Å². The minimum Gasteiger partial charge on any atom is -0.381 e. The number of anilines is 1. The molecule has 1 atom stereocenters. The minimum absolute atomic E-state index is 0.124. The van der Waals surface area contributed by atoms with E-state index >= 15 is 0 Å². The van der Waals surface area contributed by atoms with Gasteiger partial charge in [0, 0.05) is 25.6 Å². The maximum atomic E-state index is 12.7. The van der Waals surface area contributed by atoms with E-state index in [0.29, 0.717) is 17.1 Å². The molecule has 5 rings (SSSR count). The number of ether oxygens (including phenoxy) is 1. The summed E-state index contributed by atoms with van der Waals surface area (Å²) in [6, 6.07) is 13.7. The first kappa shape index (κ1) is 19.6. The number of aromatic nitrogens is 4. The van der Waals surface area contributed by atoms with Gasteiger partial charge in [-0.15, -0.1) is 0 Å². The van der Waals surface area contributed by atoms with Crippen LogP contribution in [0.4, 0.5) is 5.82 Å². The van der Waals surface area contributed by atoms with Crippen LogP contribution in [0.15, 0.2) is 42.5 Å². The molecule has 1 amide bonds. The first-order chi connectivity index (χ1) is 15.1. The lowest BCUT2D eigenvalue weighted by Crippen LogP contribution is -2.36. The second-order valence-corrected chi connectivity index (χ2v) is 8.06. The third-order valence-electron chi connectivity index (χ3n) is 6.08. The first-order valence-corrected chi connectivity index (χ1v) is 10.6. The first-order valence-electron chi connectivity index (χ1n) is 10.6. The number of piperidine rings is 1. The molecule has 3 heterocycles. The fourth-order valence-electron chi connectivity index (χ4n) is 4.25. The largest absolute Gasteiger partial charge is 0.381 e. The molecule has 1 aliphatic heterocycles. The summed E-state index contributed by atoms with van der Waals surface area (Å²) >= 11 is 0. The molecule has 0 aliphatic carbocycles. The van der Waals surface area contributed by atoms with Crippen LogP contribution in [0.1, 0.15) is 42.0 Å². The van der Waals surface area contributed by atoms with E-state index in [-0.39, 0.29) is 17.8 Å². The van der Waals surface area contributed by atoms with Gasteiger partial charge in [-0.2, -0.15) is 0 Å². The molecule has 0 saturated carbocycles. The van der Waals surface area contributed by atoms with Crippen LogP contribution in [-0.4, -0.2) is 52.4 Å². The van der Waals surface area contributed by atoms with Crippen LogP contribution in [0.3, 0.4) is 0 Å². The summed E-state index contributed by atoms with van der Waals surface area (Å²) < 4.78 is 5.48. The zero-order valence-electron chi connectivity index (χ0n) is 17.7. The van der Waals surface area contributed by atoms with E-state index in [9.17, 15) is 4.79 Å². The fourth-order valence-corrected chi connectivity index (χ4v) is 4.25. The Kier molecular flexibility index (Phi) is 5.07. The topological polar surface area (TPSA) is 98.9 Å². The molecule has 3 N–H and O–H groups in total. The summed E-state index contributed by atoms with van der Waals surface area (Å²) in [6.45, 7) is 3.81. The van der Waals surface area contributed by atoms with Crippen molar-refractivity contribution in [3.63, 3.8) is 0 Å². The second kappa shape index (κ2) is 8.03. The highest BCUT2D eigenvalue weighted by Gasteiger charge is 2.22. The summed E-state index contributed by atoms with van der Waals surface area (Å²) in [6.07, 6.45) is 2.33. The molecule has 1 aliphatic rings. The van der Waals surface area contributed by atoms with Crippen molar-refractivity contribution in [3.8, 4) is 0 Å². The number of rotatable bonds is 5. The van der Waals surface area contributed by atoms with E-state index in [0.717, 1.165) is 48.2 Å². The molecule has 8 heteroatoms. The molecule has 8 nitrogen and oxygen atoms in total. The smallest absolute Gasteiger partial charge is 0.289 e. The van der Waals surface area contributed by atoms with Crippen molar-refractivity contribution in [2.45, 2.75) is 31.9 Å². The molecule has 1 unspecified atom stereocenters. The highest BCUT2D eigenvalue weighted by molar-refractivity contribution is 6.01. The molecule has 160 valence electrons. The summed E-state index contributed by atoms with van der Waals surface area (Å²) in [5, 5.41) is 10.5. The summed E-state index contributed by atoms with van der Waals surface area (Å²) in [4.78, 5) is 24.0. The van der Waals surface area contributed by atoms with Gasteiger partial charge in [-0.25, -0.2) is 9.97 Å². The van der Waals surface area contributed by atoms with Gasteiger partial charge in [0.15, 0.2) is 0 Å². The van der Waals surface area contributed by atoms with Crippen molar-refractivity contribution in [2.75, 3.05) is 25.1 Å². The Labute approximate surface area is 180 Å². The van der Waals surface area contributed by atoms with Crippen molar-refractivity contribution in [3.05, 3.63) is 53.9 Å². The number of benzene rings is 2. The van der Waals surface area contributed by atoms with E-state index in [1.165, 1.54) is 0 Å². The Balaban J connectivity index is 1.39. The van der Waals surface area contributed by atoms with Crippen LogP contribution in [0.5, 0.6) is 0 Å². The van der Waals surface area contributed by atoms with E-state index < -0.39 is 0 Å². The third kappa shape index (κ3) is 3.74. The van der Waals surface area contributed by atoms with Gasteiger partial charge in [-0.05, 0) is 37.5 Å². The van der Waals surface area contributed by atoms with Crippen LogP contribution in [0, 0.1) is 0 Å². The molecule has 0 radical (unpaired) electrons. The third-order valence-corrected chi connectivity index (χ3v) is 6.08. The molecule has 0 bridgehead atoms. The van der Waals surface area contributed by atoms with Crippen molar-refractivity contribution >= 4 is 33.7 Å². The van der Waals surface area contributed by atoms with Gasteiger partial charge in [0.25, 0.3) is 5.91 Å². The number of carbonyl (C=O) groups is 1. The average molecular weight is 419 g/mol. The van der Waals surface area contributed by atoms with Crippen LogP contribution < -0.4 is 10.2 Å². The van der Waals surface area contributed by atoms with E-state index in [1.807, 2.05) is 49.4 Å². The van der Waals surface area contributed by atoms with Crippen LogP contribution in [0.25, 0.3) is 21.9 Å². The lowest BCUT2D eigenvalue weighted by molar-refractivity contribution is 0.0818. The number of nitrogens with zero attached hydrogens (tertiary/aromatic N) is 3. The maximum absolute atomic E-state index is 12.7. The minimum atomic E-state index is -0.273. The number of H-pyrrole nitrogens is 2. The Morgan fingerprint density at radius 3 is 2.55 bits per heavy atom. The summed E-state index contributed by atoms with van der Waals surface area (Å²) in [5.41, 5.74) is 3.40. The van der Waals surface area contributed by atoms with Gasteiger partial charge in [-0.3, -0.25) is 15.0 Å². The number of methoxy groups -OCH3 is 1. The lowest BCUT2D eigenvalue weighted by Gasteiger charge is -2.31. The Hall–Kier alpha value is -3.39. The van der Waals surface area contributed by atoms with Gasteiger partial charge in [0.05, 0.1) is 28.7 Å². The average Bonchev–Trinajstić information content (AvgIpc) is 3.41. The molecule has 1 saturated heterocycles. The van der Waals surface area contributed by atoms with E-state index in [4.69, 9.17) is 4.74 Å². The number of imidazole rings is 1. The van der Waals surface area contributed by atoms with Crippen molar-refractivity contribution in [1.29, 1.82) is 0 Å². The number of hydrogen-bond donors (Lipinski definition) is 3. The van der Waals surface area contributed by atoms with Crippen molar-refractivity contribution < 1.29 is 9.53 Å². The SMILES string of the molecule is COC1CCN(c2[nH][nH]c3cc4nc(C(=O)NC(C)c5ccccc5)nc4cc23)CC1. The van der Waals surface area contributed by atoms with E-state index in [2.05, 4.69) is 30.4 Å². The Morgan fingerprint density at radius 1 is 1.13 bits per heavy atom.